The summed E-state index contributed by atoms with van der Waals surface area (Å²) < 4.78 is 0. The number of allylic oxidation sites excluding steroid dienone is 4. The molecule has 1 nitrogen and oxygen atoms in total. The molecule has 9 aromatic rings. The van der Waals surface area contributed by atoms with Crippen LogP contribution in [0.2, 0.25) is 0 Å². The summed E-state index contributed by atoms with van der Waals surface area (Å²) in [5.74, 6) is 0.911. The molecule has 0 amide bonds. The Kier molecular flexibility index (Phi) is 9.28. The molecule has 0 spiro atoms. The van der Waals surface area contributed by atoms with Crippen molar-refractivity contribution < 1.29 is 0 Å². The molecule has 0 N–H and O–H groups in total. The van der Waals surface area contributed by atoms with E-state index in [0.29, 0.717) is 11.8 Å². The van der Waals surface area contributed by atoms with Crippen molar-refractivity contribution in [2.75, 3.05) is 4.90 Å². The van der Waals surface area contributed by atoms with Crippen molar-refractivity contribution in [3.63, 3.8) is 0 Å². The summed E-state index contributed by atoms with van der Waals surface area (Å²) in [6.07, 6.45) is 9.24. The van der Waals surface area contributed by atoms with Crippen molar-refractivity contribution >= 4 is 17.1 Å². The maximum absolute atomic E-state index is 2.51. The molecule has 0 aliphatic heterocycles. The second-order valence-electron chi connectivity index (χ2n) is 18.4. The van der Waals surface area contributed by atoms with Gasteiger partial charge in [0.25, 0.3) is 0 Å². The molecule has 0 fully saturated rings. The number of anilines is 3. The lowest BCUT2D eigenvalue weighted by atomic mass is 9.68. The standard InChI is InChI=1S/C64H49N/c1-63(2)56-28-15-12-26-53(56)54-42-39-48(43-59(54)63)46-37-40-51(41-38-46)65(60-31-17-14-25-52(60)47-35-33-45(34-36-47)44-19-6-3-7-20-44)61-32-18-30-58-62(61)55-27-13-16-29-57(55)64(58,49-21-8-4-9-22-49)50-23-10-5-11-24-50/h3-43,53,56H,1-2H3. The number of para-hydroxylation sites is 1. The fourth-order valence-electron chi connectivity index (χ4n) is 11.6. The number of hydrogen-bond donors (Lipinski definition) is 0. The third kappa shape index (κ3) is 6.14. The second kappa shape index (κ2) is 15.5. The van der Waals surface area contributed by atoms with Crippen LogP contribution in [-0.4, -0.2) is 0 Å². The molecule has 310 valence electrons. The Bertz CT molecular complexity index is 3230. The Hall–Kier alpha value is -7.74. The van der Waals surface area contributed by atoms with Gasteiger partial charge in [-0.2, -0.15) is 0 Å². The molecule has 3 aliphatic rings. The molecule has 9 aromatic carbocycles. The van der Waals surface area contributed by atoms with E-state index in [-0.39, 0.29) is 5.41 Å². The molecule has 2 unspecified atom stereocenters. The Balaban J connectivity index is 1.06. The molecule has 0 heterocycles. The van der Waals surface area contributed by atoms with Gasteiger partial charge < -0.3 is 4.90 Å². The Morgan fingerprint density at radius 1 is 0.385 bits per heavy atom. The van der Waals surface area contributed by atoms with Crippen molar-refractivity contribution in [3.05, 3.63) is 282 Å². The first-order valence-electron chi connectivity index (χ1n) is 23.0. The van der Waals surface area contributed by atoms with Gasteiger partial charge in [-0.25, -0.2) is 0 Å². The average Bonchev–Trinajstić information content (AvgIpc) is 3.81. The summed E-state index contributed by atoms with van der Waals surface area (Å²) in [5, 5.41) is 0. The second-order valence-corrected chi connectivity index (χ2v) is 18.4. The molecule has 1 heteroatoms. The minimum Gasteiger partial charge on any atom is -0.309 e. The Morgan fingerprint density at radius 2 is 0.908 bits per heavy atom. The van der Waals surface area contributed by atoms with E-state index in [9.17, 15) is 0 Å². The van der Waals surface area contributed by atoms with Crippen LogP contribution in [0.4, 0.5) is 17.1 Å². The van der Waals surface area contributed by atoms with Gasteiger partial charge in [0.05, 0.1) is 16.8 Å². The van der Waals surface area contributed by atoms with Crippen LogP contribution in [0.1, 0.15) is 53.1 Å². The highest BCUT2D eigenvalue weighted by Gasteiger charge is 2.48. The molecule has 0 radical (unpaired) electrons. The number of benzene rings is 9. The van der Waals surface area contributed by atoms with E-state index in [1.807, 2.05) is 0 Å². The first kappa shape index (κ1) is 38.9. The van der Waals surface area contributed by atoms with Gasteiger partial charge in [-0.3, -0.25) is 0 Å². The van der Waals surface area contributed by atoms with Gasteiger partial charge in [-0.05, 0) is 102 Å². The fourth-order valence-corrected chi connectivity index (χ4v) is 11.6. The summed E-state index contributed by atoms with van der Waals surface area (Å²) in [4.78, 5) is 2.51. The molecule has 0 aromatic heterocycles. The predicted octanol–water partition coefficient (Wildman–Crippen LogP) is 16.6. The van der Waals surface area contributed by atoms with Gasteiger partial charge >= 0.3 is 0 Å². The zero-order valence-corrected chi connectivity index (χ0v) is 36.8. The van der Waals surface area contributed by atoms with E-state index in [0.717, 1.165) is 17.1 Å². The molecule has 0 saturated carbocycles. The van der Waals surface area contributed by atoms with Crippen LogP contribution in [0.15, 0.2) is 249 Å². The summed E-state index contributed by atoms with van der Waals surface area (Å²) in [6.45, 7) is 4.83. The van der Waals surface area contributed by atoms with E-state index in [2.05, 4.69) is 268 Å². The molecule has 0 bridgehead atoms. The maximum Gasteiger partial charge on any atom is 0.0714 e. The first-order chi connectivity index (χ1) is 32.0. The Labute approximate surface area is 383 Å². The topological polar surface area (TPSA) is 3.24 Å². The van der Waals surface area contributed by atoms with Crippen molar-refractivity contribution in [1.82, 2.24) is 0 Å². The van der Waals surface area contributed by atoms with Gasteiger partial charge in [-0.1, -0.05) is 238 Å². The number of hydrogen-bond acceptors (Lipinski definition) is 1. The molecule has 3 aliphatic carbocycles. The third-order valence-corrected chi connectivity index (χ3v) is 14.7. The summed E-state index contributed by atoms with van der Waals surface area (Å²) >= 11 is 0. The van der Waals surface area contributed by atoms with Gasteiger partial charge in [0.1, 0.15) is 0 Å². The molecular formula is C64H49N. The SMILES string of the molecule is CC1(C)c2cc(-c3ccc(N(c4ccccc4-c4ccc(-c5ccccc5)cc4)c4cccc5c4-c4ccccc4C5(c4ccccc4)c4ccccc4)cc3)ccc2C2C=CC=CC21. The van der Waals surface area contributed by atoms with Crippen LogP contribution < -0.4 is 4.90 Å². The van der Waals surface area contributed by atoms with Crippen molar-refractivity contribution in [2.24, 2.45) is 5.92 Å². The lowest BCUT2D eigenvalue weighted by Gasteiger charge is -2.34. The van der Waals surface area contributed by atoms with Crippen molar-refractivity contribution in [2.45, 2.75) is 30.6 Å². The van der Waals surface area contributed by atoms with Gasteiger partial charge in [-0.15, -0.1) is 0 Å². The largest absolute Gasteiger partial charge is 0.309 e. The Morgan fingerprint density at radius 3 is 1.63 bits per heavy atom. The normalized spacial score (nSPS) is 16.9. The van der Waals surface area contributed by atoms with E-state index in [4.69, 9.17) is 0 Å². The molecule has 12 rings (SSSR count). The average molecular weight is 832 g/mol. The van der Waals surface area contributed by atoms with Crippen molar-refractivity contribution in [1.29, 1.82) is 0 Å². The van der Waals surface area contributed by atoms with Crippen LogP contribution in [0.25, 0.3) is 44.5 Å². The number of rotatable bonds is 8. The van der Waals surface area contributed by atoms with Crippen LogP contribution in [0, 0.1) is 5.92 Å². The predicted molar refractivity (Wildman–Crippen MR) is 272 cm³/mol. The molecular weight excluding hydrogens is 783 g/mol. The monoisotopic (exact) mass is 831 g/mol. The smallest absolute Gasteiger partial charge is 0.0714 e. The van der Waals surface area contributed by atoms with E-state index in [1.54, 1.807) is 0 Å². The summed E-state index contributed by atoms with van der Waals surface area (Å²) in [5.41, 5.74) is 20.7. The first-order valence-corrected chi connectivity index (χ1v) is 23.0. The fraction of sp³-hybridized carbons (Fsp3) is 0.0938. The van der Waals surface area contributed by atoms with E-state index < -0.39 is 5.41 Å². The molecule has 2 atom stereocenters. The minimum atomic E-state index is -0.517. The van der Waals surface area contributed by atoms with Gasteiger partial charge in [0.2, 0.25) is 0 Å². The highest BCUT2D eigenvalue weighted by Crippen LogP contribution is 2.60. The van der Waals surface area contributed by atoms with Crippen LogP contribution >= 0.6 is 0 Å². The van der Waals surface area contributed by atoms with Gasteiger partial charge in [0.15, 0.2) is 0 Å². The number of nitrogens with zero attached hydrogens (tertiary/aromatic N) is 1. The zero-order valence-electron chi connectivity index (χ0n) is 36.8. The van der Waals surface area contributed by atoms with Gasteiger partial charge in [0, 0.05) is 22.7 Å². The summed E-state index contributed by atoms with van der Waals surface area (Å²) in [7, 11) is 0. The van der Waals surface area contributed by atoms with Crippen LogP contribution in [0.3, 0.4) is 0 Å². The highest BCUT2D eigenvalue weighted by molar-refractivity contribution is 5.99. The molecule has 65 heavy (non-hydrogen) atoms. The lowest BCUT2D eigenvalue weighted by Crippen LogP contribution is -2.28. The highest BCUT2D eigenvalue weighted by atomic mass is 15.1. The van der Waals surface area contributed by atoms with Crippen LogP contribution in [0.5, 0.6) is 0 Å². The van der Waals surface area contributed by atoms with E-state index in [1.165, 1.54) is 77.9 Å². The minimum absolute atomic E-state index is 0.0513. The zero-order chi connectivity index (χ0) is 43.5. The van der Waals surface area contributed by atoms with E-state index >= 15 is 0 Å². The van der Waals surface area contributed by atoms with Crippen molar-refractivity contribution in [3.8, 4) is 44.5 Å². The van der Waals surface area contributed by atoms with Crippen LogP contribution in [-0.2, 0) is 10.8 Å². The quantitative estimate of drug-likeness (QED) is 0.147. The summed E-state index contributed by atoms with van der Waals surface area (Å²) in [6, 6.07) is 83.4. The maximum atomic E-state index is 2.51. The lowest BCUT2D eigenvalue weighted by molar-refractivity contribution is 0.394. The third-order valence-electron chi connectivity index (χ3n) is 14.7. The molecule has 0 saturated heterocycles. The number of fused-ring (bicyclic) bond motifs is 6.